The number of pyridine rings is 2. The van der Waals surface area contributed by atoms with E-state index in [1.165, 1.54) is 15.3 Å². The fraction of sp³-hybridized carbons (Fsp3) is 0.321. The summed E-state index contributed by atoms with van der Waals surface area (Å²) in [5.41, 5.74) is 1.70. The Hall–Kier alpha value is -3.89. The minimum absolute atomic E-state index is 0.00782. The molecular formula is C28H30ClFN6O3. The normalized spacial score (nSPS) is 14.7. The predicted molar refractivity (Wildman–Crippen MR) is 149 cm³/mol. The highest BCUT2D eigenvalue weighted by Gasteiger charge is 2.28. The van der Waals surface area contributed by atoms with Crippen LogP contribution in [-0.2, 0) is 7.05 Å². The van der Waals surface area contributed by atoms with Crippen molar-refractivity contribution in [1.82, 2.24) is 24.0 Å². The van der Waals surface area contributed by atoms with Gasteiger partial charge in [-0.3, -0.25) is 9.47 Å². The van der Waals surface area contributed by atoms with Gasteiger partial charge in [0.05, 0.1) is 10.7 Å². The third-order valence-electron chi connectivity index (χ3n) is 7.12. The van der Waals surface area contributed by atoms with Gasteiger partial charge in [-0.15, -0.1) is 0 Å². The number of rotatable bonds is 4. The maximum Gasteiger partial charge on any atom is 0.332 e. The van der Waals surface area contributed by atoms with Crippen LogP contribution in [0.1, 0.15) is 20.8 Å². The van der Waals surface area contributed by atoms with Crippen LogP contribution in [0, 0.1) is 5.95 Å². The van der Waals surface area contributed by atoms with Crippen LogP contribution in [0.25, 0.3) is 28.1 Å². The van der Waals surface area contributed by atoms with Gasteiger partial charge in [0.2, 0.25) is 11.8 Å². The maximum atomic E-state index is 14.8. The summed E-state index contributed by atoms with van der Waals surface area (Å²) >= 11 is 6.50. The Labute approximate surface area is 230 Å². The van der Waals surface area contributed by atoms with E-state index in [0.717, 1.165) is 19.2 Å². The Bertz CT molecular complexity index is 1600. The van der Waals surface area contributed by atoms with Crippen molar-refractivity contribution in [3.63, 3.8) is 0 Å². The van der Waals surface area contributed by atoms with Gasteiger partial charge in [0.25, 0.3) is 0 Å². The number of hydrogen-bond acceptors (Lipinski definition) is 7. The molecule has 4 heterocycles. The average molecular weight is 553 g/mol. The molecule has 1 fully saturated rings. The van der Waals surface area contributed by atoms with E-state index < -0.39 is 5.95 Å². The van der Waals surface area contributed by atoms with Crippen molar-refractivity contribution in [2.75, 3.05) is 31.1 Å². The Morgan fingerprint density at radius 1 is 0.974 bits per heavy atom. The highest BCUT2D eigenvalue weighted by atomic mass is 35.5. The number of halogens is 2. The second-order valence-electron chi connectivity index (χ2n) is 10.6. The van der Waals surface area contributed by atoms with E-state index >= 15 is 0 Å². The van der Waals surface area contributed by atoms with Crippen molar-refractivity contribution < 1.29 is 14.6 Å². The summed E-state index contributed by atoms with van der Waals surface area (Å²) in [6, 6.07) is 7.63. The summed E-state index contributed by atoms with van der Waals surface area (Å²) in [5, 5.41) is 22.0. The molecule has 1 aliphatic heterocycles. The van der Waals surface area contributed by atoms with Crippen molar-refractivity contribution in [2.24, 2.45) is 7.05 Å². The summed E-state index contributed by atoms with van der Waals surface area (Å²) in [7, 11) is 1.63. The molecule has 1 aliphatic rings. The number of benzene rings is 1. The van der Waals surface area contributed by atoms with Crippen LogP contribution in [0.3, 0.4) is 0 Å². The summed E-state index contributed by atoms with van der Waals surface area (Å²) in [4.78, 5) is 24.8. The van der Waals surface area contributed by atoms with E-state index in [2.05, 4.69) is 35.6 Å². The molecule has 0 radical (unpaired) electrons. The smallest absolute Gasteiger partial charge is 0.332 e. The van der Waals surface area contributed by atoms with Crippen molar-refractivity contribution >= 4 is 17.3 Å². The van der Waals surface area contributed by atoms with Crippen molar-refractivity contribution in [2.45, 2.75) is 26.3 Å². The van der Waals surface area contributed by atoms with Crippen LogP contribution in [0.5, 0.6) is 11.6 Å². The molecule has 4 aromatic rings. The molecule has 3 aromatic heterocycles. The largest absolute Gasteiger partial charge is 0.505 e. The van der Waals surface area contributed by atoms with E-state index in [1.807, 2.05) is 4.90 Å². The summed E-state index contributed by atoms with van der Waals surface area (Å²) in [5.74, 6) is -1.20. The van der Waals surface area contributed by atoms with Gasteiger partial charge in [0.1, 0.15) is 17.1 Å². The fourth-order valence-corrected chi connectivity index (χ4v) is 5.14. The molecule has 0 unspecified atom stereocenters. The zero-order valence-corrected chi connectivity index (χ0v) is 22.9. The van der Waals surface area contributed by atoms with E-state index in [1.54, 1.807) is 43.7 Å². The van der Waals surface area contributed by atoms with Crippen LogP contribution >= 0.6 is 11.6 Å². The van der Waals surface area contributed by atoms with Crippen molar-refractivity contribution in [1.29, 1.82) is 0 Å². The molecule has 0 aliphatic carbocycles. The van der Waals surface area contributed by atoms with Gasteiger partial charge in [0.15, 0.2) is 0 Å². The van der Waals surface area contributed by atoms with E-state index in [0.29, 0.717) is 35.6 Å². The van der Waals surface area contributed by atoms with E-state index in [-0.39, 0.29) is 39.1 Å². The standard InChI is InChI=1S/C28H30ClFN6O3/c1-28(2,3)35-10-8-34(9-11-35)22-14-18(16-31-26(22)38)24-25(37)19(15-23(30)32-24)17-5-6-21(20(29)13-17)36-12-7-33(4)27(36)39/h5-7,12-16,37H,8-11H2,1-4H3,(H,31,38). The SMILES string of the molecule is Cn1ccn(-c2ccc(-c3cc(F)nc(-c4cnc(O)c(N5CCN(C(C)(C)C)CC5)c4)c3O)cc2Cl)c1=O. The van der Waals surface area contributed by atoms with Gasteiger partial charge < -0.3 is 19.7 Å². The molecular weight excluding hydrogens is 523 g/mol. The monoisotopic (exact) mass is 552 g/mol. The Morgan fingerprint density at radius 3 is 2.31 bits per heavy atom. The second kappa shape index (κ2) is 10.0. The number of aryl methyl sites for hydroxylation is 1. The predicted octanol–water partition coefficient (Wildman–Crippen LogP) is 4.42. The molecule has 11 heteroatoms. The van der Waals surface area contributed by atoms with Gasteiger partial charge >= 0.3 is 5.69 Å². The minimum Gasteiger partial charge on any atom is -0.505 e. The van der Waals surface area contributed by atoms with Crippen molar-refractivity contribution in [3.05, 3.63) is 70.4 Å². The average Bonchev–Trinajstić information content (AvgIpc) is 3.22. The lowest BCUT2D eigenvalue weighted by Crippen LogP contribution is -2.53. The second-order valence-corrected chi connectivity index (χ2v) is 11.0. The number of piperazine rings is 1. The molecule has 39 heavy (non-hydrogen) atoms. The number of nitrogens with zero attached hydrogens (tertiary/aromatic N) is 6. The summed E-state index contributed by atoms with van der Waals surface area (Å²) in [6.07, 6.45) is 4.57. The van der Waals surface area contributed by atoms with Crippen LogP contribution in [0.2, 0.25) is 5.02 Å². The summed E-state index contributed by atoms with van der Waals surface area (Å²) in [6.45, 7) is 9.49. The van der Waals surface area contributed by atoms with Crippen LogP contribution < -0.4 is 10.6 Å². The molecule has 5 rings (SSSR count). The molecule has 1 aromatic carbocycles. The molecule has 0 saturated carbocycles. The van der Waals surface area contributed by atoms with Gasteiger partial charge in [-0.25, -0.2) is 14.8 Å². The van der Waals surface area contributed by atoms with Gasteiger partial charge in [-0.1, -0.05) is 17.7 Å². The fourth-order valence-electron chi connectivity index (χ4n) is 4.87. The lowest BCUT2D eigenvalue weighted by molar-refractivity contribution is 0.128. The van der Waals surface area contributed by atoms with Crippen LogP contribution in [0.4, 0.5) is 10.1 Å². The number of anilines is 1. The molecule has 0 spiro atoms. The van der Waals surface area contributed by atoms with Crippen molar-refractivity contribution in [3.8, 4) is 39.7 Å². The van der Waals surface area contributed by atoms with Gasteiger partial charge in [-0.05, 0) is 44.5 Å². The van der Waals surface area contributed by atoms with Gasteiger partial charge in [0, 0.05) is 74.5 Å². The Kier molecular flexibility index (Phi) is 6.86. The number of aromatic hydroxyl groups is 2. The topological polar surface area (TPSA) is 99.7 Å². The first-order valence-electron chi connectivity index (χ1n) is 12.6. The highest BCUT2D eigenvalue weighted by Crippen LogP contribution is 2.40. The first-order chi connectivity index (χ1) is 18.4. The first-order valence-corrected chi connectivity index (χ1v) is 12.9. The number of aromatic nitrogens is 4. The molecule has 0 bridgehead atoms. The molecule has 1 saturated heterocycles. The number of hydrogen-bond donors (Lipinski definition) is 2. The molecule has 9 nitrogen and oxygen atoms in total. The zero-order chi connectivity index (χ0) is 28.1. The lowest BCUT2D eigenvalue weighted by Gasteiger charge is -2.43. The van der Waals surface area contributed by atoms with Gasteiger partial charge in [-0.2, -0.15) is 4.39 Å². The summed E-state index contributed by atoms with van der Waals surface area (Å²) < 4.78 is 17.6. The molecule has 2 N–H and O–H groups in total. The molecule has 0 amide bonds. The first kappa shape index (κ1) is 26.7. The Morgan fingerprint density at radius 2 is 1.69 bits per heavy atom. The zero-order valence-electron chi connectivity index (χ0n) is 22.2. The third kappa shape index (κ3) is 5.09. The minimum atomic E-state index is -0.800. The van der Waals surface area contributed by atoms with Crippen LogP contribution in [-0.4, -0.2) is 65.9 Å². The molecule has 0 atom stereocenters. The molecule has 204 valence electrons. The highest BCUT2D eigenvalue weighted by molar-refractivity contribution is 6.32. The Balaban J connectivity index is 1.50. The quantitative estimate of drug-likeness (QED) is 0.361. The number of imidazole rings is 1. The van der Waals surface area contributed by atoms with Crippen LogP contribution in [0.15, 0.2) is 53.7 Å². The third-order valence-corrected chi connectivity index (χ3v) is 7.42. The maximum absolute atomic E-state index is 14.8. The van der Waals surface area contributed by atoms with E-state index in [4.69, 9.17) is 11.6 Å². The lowest BCUT2D eigenvalue weighted by atomic mass is 10.0. The van der Waals surface area contributed by atoms with E-state index in [9.17, 15) is 19.4 Å².